The first-order valence-electron chi connectivity index (χ1n) is 6.58. The van der Waals surface area contributed by atoms with E-state index in [1.807, 2.05) is 12.1 Å². The highest BCUT2D eigenvalue weighted by molar-refractivity contribution is 6.50. The van der Waals surface area contributed by atoms with Gasteiger partial charge >= 0.3 is 14.5 Å². The second-order valence-corrected chi connectivity index (χ2v) is 4.22. The van der Waals surface area contributed by atoms with Crippen molar-refractivity contribution in [2.75, 3.05) is 0 Å². The second kappa shape index (κ2) is 10.6. The molecule has 0 aliphatic carbocycles. The number of pyridine rings is 2. The molecule has 0 saturated heterocycles. The molecule has 0 spiro atoms. The van der Waals surface area contributed by atoms with E-state index in [2.05, 4.69) is 58.2 Å². The smallest absolute Gasteiger partial charge is 0.418 e. The van der Waals surface area contributed by atoms with Crippen LogP contribution in [0.5, 0.6) is 0 Å². The molecule has 0 atom stereocenters. The lowest BCUT2D eigenvalue weighted by atomic mass is 10.3. The molecule has 0 fully saturated rings. The molecule has 12 heteroatoms. The summed E-state index contributed by atoms with van der Waals surface area (Å²) >= 11 is 0. The molecule has 134 valence electrons. The monoisotopic (exact) mass is 360 g/mol. The summed E-state index contributed by atoms with van der Waals surface area (Å²) in [5, 5.41) is 0. The molecule has 0 N–H and O–H groups in total. The van der Waals surface area contributed by atoms with E-state index in [-0.39, 0.29) is 0 Å². The third-order valence-electron chi connectivity index (χ3n) is 2.17. The van der Waals surface area contributed by atoms with E-state index in [9.17, 15) is 34.5 Å². The fraction of sp³-hybridized carbons (Fsp3) is 0.167. The van der Waals surface area contributed by atoms with E-state index in [4.69, 9.17) is 0 Å². The number of nitrogens with zero attached hydrogens (tertiary/aromatic N) is 2. The standard InChI is InChI=1S/C12H14N2.2BF4/c1-3-7-13(8-4-1)11-12-14-9-5-2-6-10-14;2*2-1(3,4)5/h1-10H,11-12H2;;/q+2;2*-1. The van der Waals surface area contributed by atoms with Gasteiger partial charge in [0, 0.05) is 24.3 Å². The van der Waals surface area contributed by atoms with Gasteiger partial charge in [0.1, 0.15) is 0 Å². The molecule has 0 saturated carbocycles. The Kier molecular flexibility index (Phi) is 9.67. The predicted molar refractivity (Wildman–Crippen MR) is 73.6 cm³/mol. The summed E-state index contributed by atoms with van der Waals surface area (Å²) in [5.74, 6) is 0. The first-order valence-corrected chi connectivity index (χ1v) is 6.58. The normalized spacial score (nSPS) is 10.8. The van der Waals surface area contributed by atoms with Gasteiger partial charge in [-0.3, -0.25) is 0 Å². The van der Waals surface area contributed by atoms with Crippen LogP contribution in [-0.2, 0) is 13.1 Å². The average molecular weight is 360 g/mol. The number of aryl methyl sites for hydroxylation is 2. The molecule has 0 aliphatic rings. The number of hydrogen-bond acceptors (Lipinski definition) is 0. The van der Waals surface area contributed by atoms with Crippen molar-refractivity contribution in [3.63, 3.8) is 0 Å². The second-order valence-electron chi connectivity index (χ2n) is 4.22. The topological polar surface area (TPSA) is 7.76 Å². The van der Waals surface area contributed by atoms with Crippen molar-refractivity contribution < 1.29 is 43.7 Å². The van der Waals surface area contributed by atoms with Crippen LogP contribution >= 0.6 is 0 Å². The van der Waals surface area contributed by atoms with E-state index in [1.54, 1.807) is 0 Å². The van der Waals surface area contributed by atoms with Crippen molar-refractivity contribution in [3.05, 3.63) is 61.2 Å². The van der Waals surface area contributed by atoms with Gasteiger partial charge in [0.05, 0.1) is 0 Å². The van der Waals surface area contributed by atoms with Gasteiger partial charge in [-0.25, -0.2) is 0 Å². The van der Waals surface area contributed by atoms with Crippen molar-refractivity contribution in [1.82, 2.24) is 0 Å². The Balaban J connectivity index is 0.000000442. The zero-order chi connectivity index (χ0) is 18.6. The molecule has 2 heterocycles. The van der Waals surface area contributed by atoms with E-state index in [0.29, 0.717) is 0 Å². The molecule has 2 rings (SSSR count). The molecule has 0 radical (unpaired) electrons. The largest absolute Gasteiger partial charge is 0.673 e. The van der Waals surface area contributed by atoms with E-state index < -0.39 is 14.5 Å². The number of aromatic nitrogens is 2. The van der Waals surface area contributed by atoms with E-state index in [0.717, 1.165) is 13.1 Å². The summed E-state index contributed by atoms with van der Waals surface area (Å²) in [6.07, 6.45) is 8.35. The molecular weight excluding hydrogens is 346 g/mol. The number of rotatable bonds is 3. The SMILES string of the molecule is F[B-](F)(F)F.F[B-](F)(F)F.c1cc[n+](CC[n+]2ccccc2)cc1. The van der Waals surface area contributed by atoms with Crippen LogP contribution in [0.1, 0.15) is 0 Å². The van der Waals surface area contributed by atoms with Crippen LogP contribution in [0.3, 0.4) is 0 Å². The third-order valence-corrected chi connectivity index (χ3v) is 2.17. The summed E-state index contributed by atoms with van der Waals surface area (Å²) in [6.45, 7) is 2.02. The molecule has 24 heavy (non-hydrogen) atoms. The lowest BCUT2D eigenvalue weighted by Crippen LogP contribution is -2.43. The van der Waals surface area contributed by atoms with Gasteiger partial charge in [-0.05, 0) is 0 Å². The molecule has 2 aromatic heterocycles. The van der Waals surface area contributed by atoms with Crippen LogP contribution in [0.4, 0.5) is 34.5 Å². The summed E-state index contributed by atoms with van der Waals surface area (Å²) in [4.78, 5) is 0. The molecule has 0 bridgehead atoms. The molecule has 2 nitrogen and oxygen atoms in total. The van der Waals surface area contributed by atoms with Gasteiger partial charge in [-0.2, -0.15) is 9.13 Å². The zero-order valence-electron chi connectivity index (χ0n) is 12.3. The molecule has 2 aromatic rings. The van der Waals surface area contributed by atoms with Crippen molar-refractivity contribution in [2.45, 2.75) is 13.1 Å². The summed E-state index contributed by atoms with van der Waals surface area (Å²) in [6, 6.07) is 12.3. The van der Waals surface area contributed by atoms with Crippen molar-refractivity contribution in [1.29, 1.82) is 0 Å². The molecule has 0 aliphatic heterocycles. The van der Waals surface area contributed by atoms with Gasteiger partial charge in [-0.1, -0.05) is 12.1 Å². The quantitative estimate of drug-likeness (QED) is 0.450. The van der Waals surface area contributed by atoms with E-state index in [1.165, 1.54) is 0 Å². The molecule has 0 amide bonds. The Morgan fingerprint density at radius 2 is 0.667 bits per heavy atom. The van der Waals surface area contributed by atoms with Crippen molar-refractivity contribution in [3.8, 4) is 0 Å². The Labute approximate surface area is 133 Å². The minimum atomic E-state index is -6.00. The summed E-state index contributed by atoms with van der Waals surface area (Å²) in [5.41, 5.74) is 0. The molecular formula is C12H14B2F8N2. The maximum absolute atomic E-state index is 9.75. The Hall–Kier alpha value is -2.13. The minimum absolute atomic E-state index is 1.01. The Bertz CT molecular complexity index is 485. The highest BCUT2D eigenvalue weighted by Gasteiger charge is 2.21. The van der Waals surface area contributed by atoms with Crippen LogP contribution in [0.2, 0.25) is 0 Å². The van der Waals surface area contributed by atoms with Gasteiger partial charge in [0.2, 0.25) is 13.1 Å². The Morgan fingerprint density at radius 3 is 0.875 bits per heavy atom. The molecule has 0 aromatic carbocycles. The lowest BCUT2D eigenvalue weighted by Gasteiger charge is -1.94. The highest BCUT2D eigenvalue weighted by Crippen LogP contribution is 2.07. The van der Waals surface area contributed by atoms with Gasteiger partial charge in [-0.15, -0.1) is 0 Å². The lowest BCUT2D eigenvalue weighted by molar-refractivity contribution is -0.778. The van der Waals surface area contributed by atoms with Crippen LogP contribution in [0.15, 0.2) is 61.2 Å². The van der Waals surface area contributed by atoms with Gasteiger partial charge < -0.3 is 34.5 Å². The van der Waals surface area contributed by atoms with Gasteiger partial charge in [0.15, 0.2) is 24.8 Å². The Morgan fingerprint density at radius 1 is 0.458 bits per heavy atom. The summed E-state index contributed by atoms with van der Waals surface area (Å²) in [7, 11) is -12.0. The van der Waals surface area contributed by atoms with Crippen LogP contribution in [0.25, 0.3) is 0 Å². The maximum atomic E-state index is 9.75. The average Bonchev–Trinajstić information content (AvgIpc) is 2.44. The first kappa shape index (κ1) is 21.9. The number of halogens is 8. The molecule has 0 unspecified atom stereocenters. The van der Waals surface area contributed by atoms with Crippen LogP contribution in [0, 0.1) is 0 Å². The van der Waals surface area contributed by atoms with Crippen LogP contribution < -0.4 is 9.13 Å². The maximum Gasteiger partial charge on any atom is 0.673 e. The first-order chi connectivity index (χ1) is 10.9. The minimum Gasteiger partial charge on any atom is -0.418 e. The van der Waals surface area contributed by atoms with E-state index >= 15 is 0 Å². The fourth-order valence-electron chi connectivity index (χ4n) is 1.40. The predicted octanol–water partition coefficient (Wildman–Crippen LogP) is 3.56. The fourth-order valence-corrected chi connectivity index (χ4v) is 1.40. The third kappa shape index (κ3) is 19.9. The van der Waals surface area contributed by atoms with Gasteiger partial charge in [0.25, 0.3) is 0 Å². The highest BCUT2D eigenvalue weighted by atomic mass is 19.5. The van der Waals surface area contributed by atoms with Crippen LogP contribution in [-0.4, -0.2) is 14.5 Å². The van der Waals surface area contributed by atoms with Crippen molar-refractivity contribution in [2.24, 2.45) is 0 Å². The van der Waals surface area contributed by atoms with Crippen molar-refractivity contribution >= 4 is 14.5 Å². The number of hydrogen-bond donors (Lipinski definition) is 0. The summed E-state index contributed by atoms with van der Waals surface area (Å²) < 4.78 is 82.4. The zero-order valence-corrected chi connectivity index (χ0v) is 12.3.